The van der Waals surface area contributed by atoms with Crippen LogP contribution in [0.1, 0.15) is 34.8 Å². The number of carbonyl (C=O) groups is 1. The Morgan fingerprint density at radius 2 is 1.86 bits per heavy atom. The highest BCUT2D eigenvalue weighted by molar-refractivity contribution is 6.45. The zero-order valence-corrected chi connectivity index (χ0v) is 13.0. The molecule has 1 unspecified atom stereocenters. The highest BCUT2D eigenvalue weighted by atomic mass is 35.5. The van der Waals surface area contributed by atoms with E-state index in [4.69, 9.17) is 23.2 Å². The summed E-state index contributed by atoms with van der Waals surface area (Å²) in [6.45, 7) is 1.99. The molecular weight excluding hydrogens is 307 g/mol. The van der Waals surface area contributed by atoms with Crippen LogP contribution in [0.3, 0.4) is 0 Å². The van der Waals surface area contributed by atoms with Crippen LogP contribution in [-0.4, -0.2) is 10.9 Å². The molecule has 0 bridgehead atoms. The Labute approximate surface area is 133 Å². The van der Waals surface area contributed by atoms with Crippen molar-refractivity contribution in [3.63, 3.8) is 0 Å². The van der Waals surface area contributed by atoms with Crippen molar-refractivity contribution in [2.24, 2.45) is 0 Å². The van der Waals surface area contributed by atoms with Crippen molar-refractivity contribution in [2.75, 3.05) is 0 Å². The third-order valence-corrected chi connectivity index (χ3v) is 5.21. The Morgan fingerprint density at radius 1 is 1.19 bits per heavy atom. The minimum atomic E-state index is -0.621. The Kier molecular flexibility index (Phi) is 3.46. The van der Waals surface area contributed by atoms with E-state index in [1.165, 1.54) is 0 Å². The first-order valence-corrected chi connectivity index (χ1v) is 7.57. The molecule has 2 aromatic carbocycles. The molecule has 0 saturated heterocycles. The molecule has 0 aliphatic heterocycles. The number of phenols is 1. The van der Waals surface area contributed by atoms with Crippen LogP contribution in [0.4, 0.5) is 0 Å². The Morgan fingerprint density at radius 3 is 2.48 bits per heavy atom. The van der Waals surface area contributed by atoms with E-state index in [0.29, 0.717) is 18.4 Å². The molecular formula is C17H14Cl2O2. The number of hydrogen-bond acceptors (Lipinski definition) is 2. The SMILES string of the molecule is CCC1(c2ccccc2)Cc2cc(O)c(Cl)c(Cl)c2C1=O. The monoisotopic (exact) mass is 320 g/mol. The van der Waals surface area contributed by atoms with Gasteiger partial charge in [-0.05, 0) is 30.0 Å². The van der Waals surface area contributed by atoms with Crippen molar-refractivity contribution < 1.29 is 9.90 Å². The molecule has 1 N–H and O–H groups in total. The molecule has 21 heavy (non-hydrogen) atoms. The summed E-state index contributed by atoms with van der Waals surface area (Å²) >= 11 is 12.2. The van der Waals surface area contributed by atoms with E-state index in [1.807, 2.05) is 37.3 Å². The third-order valence-electron chi connectivity index (χ3n) is 4.35. The minimum Gasteiger partial charge on any atom is -0.506 e. The van der Waals surface area contributed by atoms with Gasteiger partial charge < -0.3 is 5.11 Å². The molecule has 2 nitrogen and oxygen atoms in total. The van der Waals surface area contributed by atoms with E-state index >= 15 is 0 Å². The van der Waals surface area contributed by atoms with Crippen molar-refractivity contribution in [3.8, 4) is 5.75 Å². The van der Waals surface area contributed by atoms with Crippen LogP contribution < -0.4 is 0 Å². The zero-order valence-electron chi connectivity index (χ0n) is 11.5. The van der Waals surface area contributed by atoms with Gasteiger partial charge in [0.1, 0.15) is 10.8 Å². The molecule has 2 aromatic rings. The van der Waals surface area contributed by atoms with E-state index in [1.54, 1.807) is 6.07 Å². The van der Waals surface area contributed by atoms with Gasteiger partial charge in [0.15, 0.2) is 5.78 Å². The second-order valence-corrected chi connectivity index (χ2v) is 6.12. The van der Waals surface area contributed by atoms with Crippen molar-refractivity contribution in [3.05, 3.63) is 63.1 Å². The molecule has 0 saturated carbocycles. The number of benzene rings is 2. The molecule has 1 atom stereocenters. The van der Waals surface area contributed by atoms with Gasteiger partial charge in [0.25, 0.3) is 0 Å². The summed E-state index contributed by atoms with van der Waals surface area (Å²) in [5.74, 6) is -0.0914. The summed E-state index contributed by atoms with van der Waals surface area (Å²) in [5, 5.41) is 10.0. The van der Waals surface area contributed by atoms with Gasteiger partial charge in [-0.15, -0.1) is 0 Å². The van der Waals surface area contributed by atoms with Crippen molar-refractivity contribution in [2.45, 2.75) is 25.2 Å². The summed E-state index contributed by atoms with van der Waals surface area (Å²) in [6, 6.07) is 11.3. The molecule has 3 rings (SSSR count). The molecule has 0 amide bonds. The van der Waals surface area contributed by atoms with E-state index in [0.717, 1.165) is 11.1 Å². The van der Waals surface area contributed by atoms with Crippen LogP contribution >= 0.6 is 23.2 Å². The van der Waals surface area contributed by atoms with Gasteiger partial charge in [0.2, 0.25) is 0 Å². The molecule has 0 spiro atoms. The average Bonchev–Trinajstić information content (AvgIpc) is 2.79. The molecule has 1 aliphatic carbocycles. The highest BCUT2D eigenvalue weighted by Gasteiger charge is 2.47. The number of Topliss-reactive ketones (excluding diaryl/α,β-unsaturated/α-hetero) is 1. The van der Waals surface area contributed by atoms with Gasteiger partial charge in [-0.1, -0.05) is 60.5 Å². The summed E-state index contributed by atoms with van der Waals surface area (Å²) in [6.07, 6.45) is 1.20. The van der Waals surface area contributed by atoms with Gasteiger partial charge in [-0.2, -0.15) is 0 Å². The summed E-state index contributed by atoms with van der Waals surface area (Å²) in [5.41, 5.74) is 1.56. The van der Waals surface area contributed by atoms with Crippen LogP contribution in [0.5, 0.6) is 5.75 Å². The number of phenolic OH excluding ortho intramolecular Hbond substituents is 1. The standard InChI is InChI=1S/C17H14Cl2O2/c1-2-17(11-6-4-3-5-7-11)9-10-8-12(20)14(18)15(19)13(10)16(17)21/h3-8,20H,2,9H2,1H3. The molecule has 0 radical (unpaired) electrons. The lowest BCUT2D eigenvalue weighted by molar-refractivity contribution is 0.0898. The fraction of sp³-hybridized carbons (Fsp3) is 0.235. The first-order chi connectivity index (χ1) is 10.0. The predicted molar refractivity (Wildman–Crippen MR) is 84.6 cm³/mol. The van der Waals surface area contributed by atoms with Crippen LogP contribution in [0, 0.1) is 0 Å². The summed E-state index contributed by atoms with van der Waals surface area (Å²) < 4.78 is 0. The summed E-state index contributed by atoms with van der Waals surface area (Å²) in [7, 11) is 0. The maximum Gasteiger partial charge on any atom is 0.175 e. The molecule has 1 aliphatic rings. The van der Waals surface area contributed by atoms with Crippen LogP contribution in [-0.2, 0) is 11.8 Å². The quantitative estimate of drug-likeness (QED) is 0.864. The maximum absolute atomic E-state index is 13.0. The van der Waals surface area contributed by atoms with E-state index in [2.05, 4.69) is 0 Å². The Balaban J connectivity index is 2.22. The molecule has 4 heteroatoms. The lowest BCUT2D eigenvalue weighted by Crippen LogP contribution is -2.32. The molecule has 0 aromatic heterocycles. The van der Waals surface area contributed by atoms with E-state index in [-0.39, 0.29) is 21.6 Å². The van der Waals surface area contributed by atoms with E-state index < -0.39 is 5.41 Å². The van der Waals surface area contributed by atoms with Crippen LogP contribution in [0.25, 0.3) is 0 Å². The van der Waals surface area contributed by atoms with Crippen molar-refractivity contribution in [1.82, 2.24) is 0 Å². The third kappa shape index (κ3) is 1.97. The van der Waals surface area contributed by atoms with E-state index in [9.17, 15) is 9.90 Å². The molecule has 0 fully saturated rings. The number of ketones is 1. The first-order valence-electron chi connectivity index (χ1n) is 6.81. The Hall–Kier alpha value is -1.51. The highest BCUT2D eigenvalue weighted by Crippen LogP contribution is 2.48. The van der Waals surface area contributed by atoms with Gasteiger partial charge >= 0.3 is 0 Å². The number of fused-ring (bicyclic) bond motifs is 1. The van der Waals surface area contributed by atoms with Crippen molar-refractivity contribution in [1.29, 1.82) is 0 Å². The largest absolute Gasteiger partial charge is 0.506 e. The zero-order chi connectivity index (χ0) is 15.2. The van der Waals surface area contributed by atoms with Crippen LogP contribution in [0.15, 0.2) is 36.4 Å². The van der Waals surface area contributed by atoms with Gasteiger partial charge in [0, 0.05) is 5.56 Å². The Bertz CT molecular complexity index is 725. The second kappa shape index (κ2) is 5.04. The molecule has 108 valence electrons. The van der Waals surface area contributed by atoms with Crippen LogP contribution in [0.2, 0.25) is 10.0 Å². The smallest absolute Gasteiger partial charge is 0.175 e. The number of halogens is 2. The normalized spacial score (nSPS) is 20.6. The van der Waals surface area contributed by atoms with Gasteiger partial charge in [0.05, 0.1) is 10.4 Å². The van der Waals surface area contributed by atoms with Crippen molar-refractivity contribution >= 4 is 29.0 Å². The predicted octanol–water partition coefficient (Wildman–Crippen LogP) is 4.79. The number of aromatic hydroxyl groups is 1. The maximum atomic E-state index is 13.0. The average molecular weight is 321 g/mol. The lowest BCUT2D eigenvalue weighted by Gasteiger charge is -2.26. The minimum absolute atomic E-state index is 0.0156. The first kappa shape index (κ1) is 14.4. The fourth-order valence-electron chi connectivity index (χ4n) is 3.17. The second-order valence-electron chi connectivity index (χ2n) is 5.37. The van der Waals surface area contributed by atoms with Gasteiger partial charge in [-0.3, -0.25) is 4.79 Å². The van der Waals surface area contributed by atoms with Gasteiger partial charge in [-0.25, -0.2) is 0 Å². The topological polar surface area (TPSA) is 37.3 Å². The number of rotatable bonds is 2. The lowest BCUT2D eigenvalue weighted by atomic mass is 9.75. The summed E-state index contributed by atoms with van der Waals surface area (Å²) in [4.78, 5) is 13.0. The fourth-order valence-corrected chi connectivity index (χ4v) is 3.63. The number of carbonyl (C=O) groups excluding carboxylic acids is 1. The number of hydrogen-bond donors (Lipinski definition) is 1. The molecule has 0 heterocycles.